The second-order valence-corrected chi connectivity index (χ2v) is 6.02. The standard InChI is InChI=1S/C17H18N4O2S/c1-2-23-17(22)14-15(20-13-6-4-3-5-12(13)18)21-16(24-14)11-7-9-19-10-8-11/h3-10,17,20,22H,2,18H2,1H3. The van der Waals surface area contributed by atoms with Crippen molar-refractivity contribution in [2.45, 2.75) is 13.2 Å². The molecule has 3 rings (SSSR count). The molecule has 0 radical (unpaired) electrons. The molecule has 1 aromatic carbocycles. The van der Waals surface area contributed by atoms with Crippen LogP contribution >= 0.6 is 11.3 Å². The van der Waals surface area contributed by atoms with Crippen molar-refractivity contribution in [2.24, 2.45) is 0 Å². The highest BCUT2D eigenvalue weighted by Gasteiger charge is 2.20. The highest BCUT2D eigenvalue weighted by Crippen LogP contribution is 2.37. The summed E-state index contributed by atoms with van der Waals surface area (Å²) in [6.45, 7) is 2.23. The summed E-state index contributed by atoms with van der Waals surface area (Å²) in [5.41, 5.74) is 8.24. The Kier molecular flexibility index (Phi) is 5.05. The second kappa shape index (κ2) is 7.39. The maximum Gasteiger partial charge on any atom is 0.194 e. The lowest BCUT2D eigenvalue weighted by Gasteiger charge is -2.12. The molecule has 4 N–H and O–H groups in total. The van der Waals surface area contributed by atoms with Gasteiger partial charge in [0.2, 0.25) is 0 Å². The van der Waals surface area contributed by atoms with Gasteiger partial charge in [0.1, 0.15) is 9.88 Å². The summed E-state index contributed by atoms with van der Waals surface area (Å²) in [4.78, 5) is 9.22. The minimum Gasteiger partial charge on any atom is -0.397 e. The van der Waals surface area contributed by atoms with E-state index in [1.54, 1.807) is 18.5 Å². The van der Waals surface area contributed by atoms with Gasteiger partial charge in [-0.3, -0.25) is 4.98 Å². The molecule has 0 spiro atoms. The van der Waals surface area contributed by atoms with E-state index in [0.717, 1.165) is 16.3 Å². The minimum absolute atomic E-state index is 0.399. The Morgan fingerprint density at radius 3 is 2.71 bits per heavy atom. The fraction of sp³-hybridized carbons (Fsp3) is 0.176. The lowest BCUT2D eigenvalue weighted by atomic mass is 10.2. The highest BCUT2D eigenvalue weighted by atomic mass is 32.1. The third-order valence-electron chi connectivity index (χ3n) is 3.34. The average Bonchev–Trinajstić information content (AvgIpc) is 3.02. The van der Waals surface area contributed by atoms with Crippen LogP contribution in [0.5, 0.6) is 0 Å². The molecule has 6 nitrogen and oxygen atoms in total. The Morgan fingerprint density at radius 1 is 1.25 bits per heavy atom. The molecule has 2 aromatic heterocycles. The predicted octanol–water partition coefficient (Wildman–Crippen LogP) is 3.56. The van der Waals surface area contributed by atoms with E-state index in [4.69, 9.17) is 10.5 Å². The monoisotopic (exact) mass is 342 g/mol. The molecule has 0 aliphatic heterocycles. The molecular weight excluding hydrogens is 324 g/mol. The van der Waals surface area contributed by atoms with Gasteiger partial charge in [0.25, 0.3) is 0 Å². The van der Waals surface area contributed by atoms with Crippen LogP contribution in [-0.2, 0) is 4.74 Å². The van der Waals surface area contributed by atoms with Crippen LogP contribution < -0.4 is 11.1 Å². The van der Waals surface area contributed by atoms with Crippen molar-refractivity contribution in [3.05, 3.63) is 53.7 Å². The molecule has 7 heteroatoms. The number of nitrogens with one attached hydrogen (secondary N) is 1. The lowest BCUT2D eigenvalue weighted by molar-refractivity contribution is -0.0951. The Labute approximate surface area is 144 Å². The highest BCUT2D eigenvalue weighted by molar-refractivity contribution is 7.15. The van der Waals surface area contributed by atoms with E-state index >= 15 is 0 Å². The third-order valence-corrected chi connectivity index (χ3v) is 4.48. The van der Waals surface area contributed by atoms with Crippen molar-refractivity contribution in [1.29, 1.82) is 0 Å². The summed E-state index contributed by atoms with van der Waals surface area (Å²) >= 11 is 1.37. The SMILES string of the molecule is CCOC(O)c1sc(-c2ccncc2)nc1Nc1ccccc1N. The van der Waals surface area contributed by atoms with Crippen LogP contribution in [0.15, 0.2) is 48.8 Å². The largest absolute Gasteiger partial charge is 0.397 e. The van der Waals surface area contributed by atoms with E-state index in [1.807, 2.05) is 37.3 Å². The first-order valence-corrected chi connectivity index (χ1v) is 8.33. The number of hydrogen-bond acceptors (Lipinski definition) is 7. The molecule has 124 valence electrons. The molecule has 1 unspecified atom stereocenters. The van der Waals surface area contributed by atoms with Crippen LogP contribution in [0, 0.1) is 0 Å². The van der Waals surface area contributed by atoms with Crippen LogP contribution in [0.2, 0.25) is 0 Å². The zero-order valence-electron chi connectivity index (χ0n) is 13.1. The van der Waals surface area contributed by atoms with E-state index < -0.39 is 6.29 Å². The number of rotatable bonds is 6. The molecule has 0 fully saturated rings. The van der Waals surface area contributed by atoms with Gasteiger partial charge in [0, 0.05) is 24.6 Å². The minimum atomic E-state index is -1.05. The third kappa shape index (κ3) is 3.53. The van der Waals surface area contributed by atoms with E-state index in [1.165, 1.54) is 11.3 Å². The quantitative estimate of drug-likeness (QED) is 0.468. The van der Waals surface area contributed by atoms with Crippen LogP contribution in [-0.4, -0.2) is 21.7 Å². The topological polar surface area (TPSA) is 93.3 Å². The number of para-hydroxylation sites is 2. The van der Waals surface area contributed by atoms with E-state index in [-0.39, 0.29) is 0 Å². The van der Waals surface area contributed by atoms with Crippen molar-refractivity contribution in [3.8, 4) is 10.6 Å². The van der Waals surface area contributed by atoms with Crippen molar-refractivity contribution in [3.63, 3.8) is 0 Å². The van der Waals surface area contributed by atoms with E-state index in [2.05, 4.69) is 15.3 Å². The summed E-state index contributed by atoms with van der Waals surface area (Å²) in [7, 11) is 0. The first-order valence-electron chi connectivity index (χ1n) is 7.51. The summed E-state index contributed by atoms with van der Waals surface area (Å²) in [6, 6.07) is 11.1. The number of benzene rings is 1. The number of hydrogen-bond donors (Lipinski definition) is 3. The van der Waals surface area contributed by atoms with Gasteiger partial charge in [-0.25, -0.2) is 4.98 Å². The maximum absolute atomic E-state index is 10.3. The summed E-state index contributed by atoms with van der Waals surface area (Å²) in [5, 5.41) is 14.2. The molecule has 0 amide bonds. The predicted molar refractivity (Wildman–Crippen MR) is 96.1 cm³/mol. The van der Waals surface area contributed by atoms with Gasteiger partial charge in [-0.15, -0.1) is 11.3 Å². The van der Waals surface area contributed by atoms with Gasteiger partial charge in [-0.2, -0.15) is 0 Å². The van der Waals surface area contributed by atoms with Crippen LogP contribution in [0.4, 0.5) is 17.2 Å². The molecule has 0 saturated heterocycles. The molecule has 24 heavy (non-hydrogen) atoms. The maximum atomic E-state index is 10.3. The van der Waals surface area contributed by atoms with Crippen LogP contribution in [0.3, 0.4) is 0 Å². The van der Waals surface area contributed by atoms with E-state index in [0.29, 0.717) is 23.0 Å². The molecule has 0 bridgehead atoms. The van der Waals surface area contributed by atoms with Gasteiger partial charge in [0.05, 0.1) is 11.4 Å². The number of thiazole rings is 1. The zero-order valence-corrected chi connectivity index (χ0v) is 14.0. The van der Waals surface area contributed by atoms with Crippen molar-refractivity contribution >= 4 is 28.5 Å². The first-order chi connectivity index (χ1) is 11.7. The number of nitrogen functional groups attached to an aromatic ring is 1. The van der Waals surface area contributed by atoms with Gasteiger partial charge in [-0.1, -0.05) is 12.1 Å². The van der Waals surface area contributed by atoms with Crippen molar-refractivity contribution in [1.82, 2.24) is 9.97 Å². The number of ether oxygens (including phenoxy) is 1. The lowest BCUT2D eigenvalue weighted by Crippen LogP contribution is -2.05. The Bertz CT molecular complexity index is 807. The van der Waals surface area contributed by atoms with Gasteiger partial charge in [0.15, 0.2) is 12.1 Å². The molecule has 1 atom stereocenters. The second-order valence-electron chi connectivity index (χ2n) is 4.99. The summed E-state index contributed by atoms with van der Waals surface area (Å²) in [5.74, 6) is 0.533. The van der Waals surface area contributed by atoms with Crippen molar-refractivity contribution in [2.75, 3.05) is 17.7 Å². The Hall–Kier alpha value is -2.48. The smallest absolute Gasteiger partial charge is 0.194 e. The van der Waals surface area contributed by atoms with Crippen LogP contribution in [0.25, 0.3) is 10.6 Å². The summed E-state index contributed by atoms with van der Waals surface area (Å²) < 4.78 is 5.33. The molecule has 0 aliphatic rings. The number of anilines is 3. The number of nitrogens with two attached hydrogens (primary N) is 1. The average molecular weight is 342 g/mol. The van der Waals surface area contributed by atoms with Gasteiger partial charge in [-0.05, 0) is 31.2 Å². The first kappa shape index (κ1) is 16.4. The number of aromatic nitrogens is 2. The number of nitrogens with zero attached hydrogens (tertiary/aromatic N) is 2. The molecule has 0 saturated carbocycles. The zero-order chi connectivity index (χ0) is 16.9. The van der Waals surface area contributed by atoms with Crippen molar-refractivity contribution < 1.29 is 9.84 Å². The fourth-order valence-electron chi connectivity index (χ4n) is 2.18. The molecule has 3 aromatic rings. The fourth-order valence-corrected chi connectivity index (χ4v) is 3.14. The van der Waals surface area contributed by atoms with Gasteiger partial charge >= 0.3 is 0 Å². The number of aliphatic hydroxyl groups is 1. The Balaban J connectivity index is 1.99. The molecular formula is C17H18N4O2S. The number of pyridine rings is 1. The summed E-state index contributed by atoms with van der Waals surface area (Å²) in [6.07, 6.45) is 2.37. The Morgan fingerprint density at radius 2 is 2.00 bits per heavy atom. The molecule has 2 heterocycles. The molecule has 0 aliphatic carbocycles. The number of aliphatic hydroxyl groups excluding tert-OH is 1. The van der Waals surface area contributed by atoms with Gasteiger partial charge < -0.3 is 20.9 Å². The van der Waals surface area contributed by atoms with Crippen LogP contribution in [0.1, 0.15) is 18.1 Å². The normalized spacial score (nSPS) is 12.1. The van der Waals surface area contributed by atoms with E-state index in [9.17, 15) is 5.11 Å².